The molecule has 0 amide bonds. The number of esters is 1. The van der Waals surface area contributed by atoms with Crippen LogP contribution in [0.4, 0.5) is 0 Å². The Morgan fingerprint density at radius 3 is 2.24 bits per heavy atom. The van der Waals surface area contributed by atoms with E-state index < -0.39 is 25.5 Å². The van der Waals surface area contributed by atoms with Crippen LogP contribution in [0.3, 0.4) is 0 Å². The van der Waals surface area contributed by atoms with Crippen molar-refractivity contribution in [3.63, 3.8) is 0 Å². The van der Waals surface area contributed by atoms with Gasteiger partial charge in [0.25, 0.3) is 0 Å². The number of phosphoric ester groups is 1. The van der Waals surface area contributed by atoms with Crippen LogP contribution in [-0.2, 0) is 19.4 Å². The van der Waals surface area contributed by atoms with E-state index in [0.717, 1.165) is 0 Å². The minimum Gasteiger partial charge on any atom is -0.746 e. The third-order valence-corrected chi connectivity index (χ3v) is 6.56. The van der Waals surface area contributed by atoms with E-state index in [1.807, 2.05) is 12.1 Å². The molecule has 0 fully saturated rings. The smallest absolute Gasteiger partial charge is 0.340 e. The maximum Gasteiger partial charge on any atom is 0.340 e. The number of ether oxygens (including phenoxy) is 3. The number of hydrogen-bond acceptors (Lipinski definition) is 8. The van der Waals surface area contributed by atoms with Crippen LogP contribution in [0.1, 0.15) is 40.9 Å². The van der Waals surface area contributed by atoms with Crippen LogP contribution >= 0.6 is 7.82 Å². The first-order chi connectivity index (χ1) is 15.7. The van der Waals surface area contributed by atoms with Gasteiger partial charge in [-0.15, -0.1) is 0 Å². The molecule has 0 aliphatic carbocycles. The first-order valence-corrected chi connectivity index (χ1v) is 11.7. The highest BCUT2D eigenvalue weighted by molar-refractivity contribution is 7.46. The molecule has 5 rings (SSSR count). The van der Waals surface area contributed by atoms with Crippen LogP contribution < -0.4 is 18.9 Å². The quantitative estimate of drug-likeness (QED) is 0.398. The van der Waals surface area contributed by atoms with Gasteiger partial charge in [0, 0.05) is 28.8 Å². The zero-order chi connectivity index (χ0) is 23.4. The van der Waals surface area contributed by atoms with Gasteiger partial charge in [-0.05, 0) is 44.2 Å². The number of methoxy groups -OCH3 is 1. The molecule has 2 heterocycles. The molecule has 9 heteroatoms. The minimum atomic E-state index is -4.59. The van der Waals surface area contributed by atoms with Crippen LogP contribution in [0, 0.1) is 0 Å². The summed E-state index contributed by atoms with van der Waals surface area (Å²) in [6, 6.07) is 16.9. The van der Waals surface area contributed by atoms with Gasteiger partial charge in [-0.25, -0.2) is 4.79 Å². The van der Waals surface area contributed by atoms with Gasteiger partial charge in [0.05, 0.1) is 18.8 Å². The monoisotopic (exact) mass is 467 g/mol. The molecule has 0 bridgehead atoms. The number of hydrogen-bond donors (Lipinski definition) is 0. The van der Waals surface area contributed by atoms with E-state index in [1.165, 1.54) is 19.2 Å². The molecule has 0 aromatic heterocycles. The lowest BCUT2D eigenvalue weighted by atomic mass is 9.77. The van der Waals surface area contributed by atoms with Crippen molar-refractivity contribution in [3.8, 4) is 23.0 Å². The fourth-order valence-electron chi connectivity index (χ4n) is 4.23. The highest BCUT2D eigenvalue weighted by Crippen LogP contribution is 2.57. The van der Waals surface area contributed by atoms with Crippen LogP contribution in [-0.4, -0.2) is 19.2 Å². The number of rotatable bonds is 5. The van der Waals surface area contributed by atoms with Crippen molar-refractivity contribution in [1.82, 2.24) is 0 Å². The first kappa shape index (κ1) is 21.5. The Balaban J connectivity index is 1.69. The van der Waals surface area contributed by atoms with Crippen molar-refractivity contribution in [3.05, 3.63) is 82.9 Å². The van der Waals surface area contributed by atoms with Crippen molar-refractivity contribution >= 4 is 13.8 Å². The van der Waals surface area contributed by atoms with Crippen LogP contribution in [0.15, 0.2) is 60.7 Å². The number of phosphoric acid groups is 1. The van der Waals surface area contributed by atoms with Gasteiger partial charge in [-0.2, -0.15) is 0 Å². The maximum atomic E-state index is 12.8. The lowest BCUT2D eigenvalue weighted by Crippen LogP contribution is -2.33. The molecule has 1 spiro atoms. The third-order valence-electron chi connectivity index (χ3n) is 5.45. The topological polar surface area (TPSA) is 103 Å². The molecule has 3 aromatic carbocycles. The van der Waals surface area contributed by atoms with Crippen molar-refractivity contribution < 1.29 is 37.5 Å². The molecule has 0 N–H and O–H groups in total. The van der Waals surface area contributed by atoms with Gasteiger partial charge in [0.1, 0.15) is 23.0 Å². The molecule has 3 aromatic rings. The molecule has 2 aliphatic rings. The van der Waals surface area contributed by atoms with Crippen molar-refractivity contribution in [2.45, 2.75) is 25.6 Å². The first-order valence-electron chi connectivity index (χ1n) is 10.3. The summed E-state index contributed by atoms with van der Waals surface area (Å²) in [4.78, 5) is 25.0. The fourth-order valence-corrected chi connectivity index (χ4v) is 5.16. The van der Waals surface area contributed by atoms with E-state index in [1.54, 1.807) is 50.2 Å². The van der Waals surface area contributed by atoms with E-state index in [0.29, 0.717) is 33.8 Å². The van der Waals surface area contributed by atoms with Gasteiger partial charge in [0.15, 0.2) is 5.60 Å². The van der Waals surface area contributed by atoms with E-state index in [-0.39, 0.29) is 11.5 Å². The normalized spacial score (nSPS) is 19.7. The lowest BCUT2D eigenvalue weighted by molar-refractivity contribution is -0.219. The Morgan fingerprint density at radius 1 is 0.939 bits per heavy atom. The van der Waals surface area contributed by atoms with Crippen LogP contribution in [0.2, 0.25) is 0 Å². The molecular formula is C24H20O8P-. The zero-order valence-electron chi connectivity index (χ0n) is 18.1. The summed E-state index contributed by atoms with van der Waals surface area (Å²) < 4.78 is 39.6. The summed E-state index contributed by atoms with van der Waals surface area (Å²) in [7, 11) is -3.06. The molecule has 0 radical (unpaired) electrons. The summed E-state index contributed by atoms with van der Waals surface area (Å²) in [6.45, 7) is 3.17. The van der Waals surface area contributed by atoms with Crippen molar-refractivity contribution in [2.24, 2.45) is 0 Å². The van der Waals surface area contributed by atoms with Gasteiger partial charge < -0.3 is 28.2 Å². The lowest BCUT2D eigenvalue weighted by Gasteiger charge is -2.37. The Labute approximate surface area is 190 Å². The highest BCUT2D eigenvalue weighted by atomic mass is 31.2. The summed E-state index contributed by atoms with van der Waals surface area (Å²) >= 11 is 0. The van der Waals surface area contributed by atoms with Crippen LogP contribution in [0.25, 0.3) is 0 Å². The fraction of sp³-hybridized carbons (Fsp3) is 0.208. The molecule has 2 atom stereocenters. The molecule has 8 nitrogen and oxygen atoms in total. The van der Waals surface area contributed by atoms with Gasteiger partial charge in [-0.3, -0.25) is 4.57 Å². The minimum absolute atomic E-state index is 0.00633. The predicted molar refractivity (Wildman–Crippen MR) is 116 cm³/mol. The predicted octanol–water partition coefficient (Wildman–Crippen LogP) is 4.54. The zero-order valence-corrected chi connectivity index (χ0v) is 19.0. The third kappa shape index (κ3) is 3.47. The molecule has 0 saturated heterocycles. The molecule has 170 valence electrons. The summed E-state index contributed by atoms with van der Waals surface area (Å²) in [5, 5.41) is 0. The van der Waals surface area contributed by atoms with Crippen molar-refractivity contribution in [1.29, 1.82) is 0 Å². The Bertz CT molecular complexity index is 1320. The molecule has 0 saturated carbocycles. The van der Waals surface area contributed by atoms with Gasteiger partial charge >= 0.3 is 13.8 Å². The number of carbonyl (C=O) groups is 1. The second-order valence-electron chi connectivity index (χ2n) is 7.93. The van der Waals surface area contributed by atoms with Crippen LogP contribution in [0.5, 0.6) is 23.0 Å². The Kier molecular flexibility index (Phi) is 4.97. The van der Waals surface area contributed by atoms with Gasteiger partial charge in [-0.1, -0.05) is 18.2 Å². The average molecular weight is 467 g/mol. The average Bonchev–Trinajstić information content (AvgIpc) is 3.05. The van der Waals surface area contributed by atoms with E-state index >= 15 is 0 Å². The largest absolute Gasteiger partial charge is 0.746 e. The second-order valence-corrected chi connectivity index (χ2v) is 9.22. The SMILES string of the molecule is COc1ccc2c(c1)Oc1cc(OP(=O)([O-])OC(C)C)ccc1C21OC(=O)c2ccccc21. The molecule has 2 aliphatic heterocycles. The summed E-state index contributed by atoms with van der Waals surface area (Å²) in [6.07, 6.45) is -0.570. The standard InChI is InChI=1S/C24H21O8P/c1-14(2)31-33(26,27)32-16-9-11-20-22(13-16)29-21-12-15(28-3)8-10-19(21)24(20)18-7-5-4-6-17(18)23(25)30-24/h4-14H,1-3H3,(H,26,27)/p-1. The summed E-state index contributed by atoms with van der Waals surface area (Å²) in [5.41, 5.74) is 1.01. The second kappa shape index (κ2) is 7.63. The maximum absolute atomic E-state index is 12.8. The van der Waals surface area contributed by atoms with Crippen molar-refractivity contribution in [2.75, 3.05) is 7.11 Å². The van der Waals surface area contributed by atoms with E-state index in [9.17, 15) is 14.3 Å². The molecule has 2 unspecified atom stereocenters. The number of fused-ring (bicyclic) bond motifs is 6. The molecule has 33 heavy (non-hydrogen) atoms. The Morgan fingerprint density at radius 2 is 1.58 bits per heavy atom. The van der Waals surface area contributed by atoms with E-state index in [2.05, 4.69) is 0 Å². The highest BCUT2D eigenvalue weighted by Gasteiger charge is 2.53. The van der Waals surface area contributed by atoms with Gasteiger partial charge in [0.2, 0.25) is 0 Å². The Hall–Kier alpha value is -3.32. The molecular weight excluding hydrogens is 447 g/mol. The number of carbonyl (C=O) groups excluding carboxylic acids is 1. The van der Waals surface area contributed by atoms with E-state index in [4.69, 9.17) is 23.3 Å². The number of benzene rings is 3. The summed E-state index contributed by atoms with van der Waals surface area (Å²) in [5.74, 6) is 0.781.